The van der Waals surface area contributed by atoms with Gasteiger partial charge in [0.2, 0.25) is 0 Å². The highest BCUT2D eigenvalue weighted by atomic mass is 127. The third-order valence-corrected chi connectivity index (χ3v) is 5.04. The van der Waals surface area contributed by atoms with Crippen molar-refractivity contribution in [2.24, 2.45) is 10.4 Å². The number of hydrogen-bond acceptors (Lipinski definition) is 3. The highest BCUT2D eigenvalue weighted by molar-refractivity contribution is 14.0. The average Bonchev–Trinajstić information content (AvgIpc) is 3.21. The molecule has 2 saturated heterocycles. The summed E-state index contributed by atoms with van der Waals surface area (Å²) < 4.78 is 11.6. The number of hydrogen-bond donors (Lipinski definition) is 1. The Bertz CT molecular complexity index is 571. The van der Waals surface area contributed by atoms with Gasteiger partial charge in [0.1, 0.15) is 11.9 Å². The number of aliphatic imine (C=N–C) groups is 1. The summed E-state index contributed by atoms with van der Waals surface area (Å²) in [4.78, 5) is 6.80. The fraction of sp³-hybridized carbons (Fsp3) is 0.632. The van der Waals surface area contributed by atoms with Gasteiger partial charge in [-0.1, -0.05) is 17.7 Å². The van der Waals surface area contributed by atoms with Crippen molar-refractivity contribution in [1.82, 2.24) is 10.2 Å². The number of likely N-dealkylation sites (tertiary alicyclic amines) is 1. The number of nitrogens with zero attached hydrogens (tertiary/aromatic N) is 2. The molecule has 0 aromatic heterocycles. The SMILES string of the molecule is CN=C(NCC(C)Oc1ccc(C)cc1)N1CCC2(CCOC2)C1.I. The summed E-state index contributed by atoms with van der Waals surface area (Å²) in [6, 6.07) is 8.18. The van der Waals surface area contributed by atoms with Crippen LogP contribution in [0.1, 0.15) is 25.3 Å². The van der Waals surface area contributed by atoms with Crippen LogP contribution in [0.3, 0.4) is 0 Å². The molecule has 0 radical (unpaired) electrons. The van der Waals surface area contributed by atoms with E-state index in [1.165, 1.54) is 18.4 Å². The van der Waals surface area contributed by atoms with Crippen LogP contribution >= 0.6 is 24.0 Å². The van der Waals surface area contributed by atoms with Crippen LogP contribution in [-0.2, 0) is 4.74 Å². The van der Waals surface area contributed by atoms with Crippen LogP contribution < -0.4 is 10.1 Å². The lowest BCUT2D eigenvalue weighted by Gasteiger charge is -2.26. The Kier molecular flexibility index (Phi) is 7.37. The van der Waals surface area contributed by atoms with Gasteiger partial charge in [-0.25, -0.2) is 0 Å². The smallest absolute Gasteiger partial charge is 0.193 e. The molecule has 2 fully saturated rings. The van der Waals surface area contributed by atoms with Gasteiger partial charge in [0.05, 0.1) is 13.2 Å². The van der Waals surface area contributed by atoms with E-state index in [2.05, 4.69) is 41.2 Å². The molecule has 2 aliphatic rings. The lowest BCUT2D eigenvalue weighted by molar-refractivity contribution is 0.156. The maximum atomic E-state index is 5.96. The van der Waals surface area contributed by atoms with Gasteiger partial charge in [-0.3, -0.25) is 4.99 Å². The maximum Gasteiger partial charge on any atom is 0.193 e. The zero-order valence-corrected chi connectivity index (χ0v) is 17.8. The number of halogens is 1. The quantitative estimate of drug-likeness (QED) is 0.427. The van der Waals surface area contributed by atoms with Crippen LogP contribution in [0.5, 0.6) is 5.75 Å². The molecular weight excluding hydrogens is 429 g/mol. The summed E-state index contributed by atoms with van der Waals surface area (Å²) in [5.41, 5.74) is 1.59. The van der Waals surface area contributed by atoms with Crippen molar-refractivity contribution in [2.75, 3.05) is 39.9 Å². The normalized spacial score (nSPS) is 24.3. The number of ether oxygens (including phenoxy) is 2. The monoisotopic (exact) mass is 459 g/mol. The molecule has 0 saturated carbocycles. The van der Waals surface area contributed by atoms with Gasteiger partial charge < -0.3 is 19.7 Å². The number of nitrogens with one attached hydrogen (secondary N) is 1. The van der Waals surface area contributed by atoms with Gasteiger partial charge in [-0.15, -0.1) is 24.0 Å². The Balaban J connectivity index is 0.00000225. The van der Waals surface area contributed by atoms with Crippen LogP contribution in [0, 0.1) is 12.3 Å². The second kappa shape index (κ2) is 9.07. The molecule has 3 rings (SSSR count). The van der Waals surface area contributed by atoms with Crippen LogP contribution in [-0.4, -0.2) is 56.9 Å². The minimum atomic E-state index is 0. The predicted octanol–water partition coefficient (Wildman–Crippen LogP) is 3.07. The van der Waals surface area contributed by atoms with Crippen molar-refractivity contribution < 1.29 is 9.47 Å². The second-order valence-corrected chi connectivity index (χ2v) is 7.14. The molecule has 1 spiro atoms. The third-order valence-electron chi connectivity index (χ3n) is 5.04. The molecule has 2 unspecified atom stereocenters. The number of benzene rings is 1. The van der Waals surface area contributed by atoms with E-state index in [0.29, 0.717) is 5.41 Å². The molecule has 5 nitrogen and oxygen atoms in total. The molecule has 6 heteroatoms. The van der Waals surface area contributed by atoms with Crippen molar-refractivity contribution in [3.63, 3.8) is 0 Å². The summed E-state index contributed by atoms with van der Waals surface area (Å²) in [6.07, 6.45) is 2.45. The van der Waals surface area contributed by atoms with Gasteiger partial charge in [-0.2, -0.15) is 0 Å². The Labute approximate surface area is 168 Å². The van der Waals surface area contributed by atoms with E-state index in [1.807, 2.05) is 19.2 Å². The first kappa shape index (κ1) is 20.3. The Morgan fingerprint density at radius 1 is 1.36 bits per heavy atom. The fourth-order valence-corrected chi connectivity index (χ4v) is 3.55. The fourth-order valence-electron chi connectivity index (χ4n) is 3.55. The lowest BCUT2D eigenvalue weighted by atomic mass is 9.87. The summed E-state index contributed by atoms with van der Waals surface area (Å²) in [5, 5.41) is 3.46. The van der Waals surface area contributed by atoms with Crippen molar-refractivity contribution in [1.29, 1.82) is 0 Å². The Morgan fingerprint density at radius 2 is 2.12 bits per heavy atom. The average molecular weight is 459 g/mol. The zero-order chi connectivity index (χ0) is 17.0. The standard InChI is InChI=1S/C19H29N3O2.HI/c1-15-4-6-17(7-5-15)24-16(2)12-21-18(20-3)22-10-8-19(13-22)9-11-23-14-19;/h4-7,16H,8-14H2,1-3H3,(H,20,21);1H. The molecule has 1 aromatic rings. The van der Waals surface area contributed by atoms with Gasteiger partial charge in [0.15, 0.2) is 5.96 Å². The number of guanidine groups is 1. The van der Waals surface area contributed by atoms with Gasteiger partial charge >= 0.3 is 0 Å². The first-order valence-electron chi connectivity index (χ1n) is 8.87. The minimum Gasteiger partial charge on any atom is -0.489 e. The molecule has 0 aliphatic carbocycles. The Hall–Kier alpha value is -1.02. The lowest BCUT2D eigenvalue weighted by Crippen LogP contribution is -2.44. The highest BCUT2D eigenvalue weighted by Crippen LogP contribution is 2.38. The molecule has 2 atom stereocenters. The second-order valence-electron chi connectivity index (χ2n) is 7.14. The molecule has 2 heterocycles. The van der Waals surface area contributed by atoms with Crippen LogP contribution in [0.25, 0.3) is 0 Å². The van der Waals surface area contributed by atoms with Crippen LogP contribution in [0.2, 0.25) is 0 Å². The molecule has 0 amide bonds. The van der Waals surface area contributed by atoms with Crippen LogP contribution in [0.15, 0.2) is 29.3 Å². The van der Waals surface area contributed by atoms with E-state index < -0.39 is 0 Å². The summed E-state index contributed by atoms with van der Waals surface area (Å²) in [5.74, 6) is 1.88. The highest BCUT2D eigenvalue weighted by Gasteiger charge is 2.42. The first-order chi connectivity index (χ1) is 11.6. The molecule has 1 N–H and O–H groups in total. The van der Waals surface area contributed by atoms with Crippen molar-refractivity contribution in [3.05, 3.63) is 29.8 Å². The van der Waals surface area contributed by atoms with Crippen molar-refractivity contribution in [3.8, 4) is 5.75 Å². The minimum absolute atomic E-state index is 0. The number of aryl methyl sites for hydroxylation is 1. The molecule has 2 aliphatic heterocycles. The van der Waals surface area contributed by atoms with E-state index in [9.17, 15) is 0 Å². The maximum absolute atomic E-state index is 5.96. The van der Waals surface area contributed by atoms with E-state index in [-0.39, 0.29) is 30.1 Å². The van der Waals surface area contributed by atoms with Gasteiger partial charge in [-0.05, 0) is 38.8 Å². The molecule has 1 aromatic carbocycles. The molecular formula is C19H30IN3O2. The molecule has 0 bridgehead atoms. The van der Waals surface area contributed by atoms with E-state index in [1.54, 1.807) is 0 Å². The van der Waals surface area contributed by atoms with E-state index >= 15 is 0 Å². The zero-order valence-electron chi connectivity index (χ0n) is 15.5. The summed E-state index contributed by atoms with van der Waals surface area (Å²) in [7, 11) is 1.85. The third kappa shape index (κ3) is 5.23. The summed E-state index contributed by atoms with van der Waals surface area (Å²) in [6.45, 7) is 8.79. The van der Waals surface area contributed by atoms with E-state index in [4.69, 9.17) is 9.47 Å². The van der Waals surface area contributed by atoms with E-state index in [0.717, 1.165) is 44.6 Å². The number of rotatable bonds is 4. The van der Waals surface area contributed by atoms with Gasteiger partial charge in [0.25, 0.3) is 0 Å². The van der Waals surface area contributed by atoms with Crippen molar-refractivity contribution >= 4 is 29.9 Å². The van der Waals surface area contributed by atoms with Crippen LogP contribution in [0.4, 0.5) is 0 Å². The first-order valence-corrected chi connectivity index (χ1v) is 8.87. The molecule has 25 heavy (non-hydrogen) atoms. The van der Waals surface area contributed by atoms with Crippen molar-refractivity contribution in [2.45, 2.75) is 32.8 Å². The topological polar surface area (TPSA) is 46.1 Å². The predicted molar refractivity (Wildman–Crippen MR) is 112 cm³/mol. The molecule has 140 valence electrons. The summed E-state index contributed by atoms with van der Waals surface area (Å²) >= 11 is 0. The Morgan fingerprint density at radius 3 is 2.76 bits per heavy atom. The van der Waals surface area contributed by atoms with Gasteiger partial charge in [0, 0.05) is 32.2 Å². The largest absolute Gasteiger partial charge is 0.489 e.